The summed E-state index contributed by atoms with van der Waals surface area (Å²) in [5, 5.41) is 10.8. The van der Waals surface area contributed by atoms with E-state index in [0.717, 1.165) is 5.56 Å². The predicted molar refractivity (Wildman–Crippen MR) is 118 cm³/mol. The number of benzene rings is 3. The molecule has 0 saturated heterocycles. The van der Waals surface area contributed by atoms with Crippen LogP contribution in [-0.2, 0) is 12.4 Å². The molecule has 182 valence electrons. The molecule has 2 unspecified atom stereocenters. The number of aryl methyl sites for hydroxylation is 1. The summed E-state index contributed by atoms with van der Waals surface area (Å²) < 4.78 is 81.4. The second-order valence-corrected chi connectivity index (χ2v) is 8.29. The van der Waals surface area contributed by atoms with Gasteiger partial charge in [0, 0.05) is 17.5 Å². The molecular formula is C26H19F6NO2. The maximum Gasteiger partial charge on any atom is 0.416 e. The highest BCUT2D eigenvalue weighted by Gasteiger charge is 2.45. The SMILES string of the molecule is Cc1ccc(C(=O)C2C(O)=CN(c3ccccc3)C2c2cc(C(F)(F)F)cc(C(F)(F)F)c2)cc1. The summed E-state index contributed by atoms with van der Waals surface area (Å²) in [6.07, 6.45) is -8.94. The number of hydrogen-bond acceptors (Lipinski definition) is 3. The molecule has 0 amide bonds. The lowest BCUT2D eigenvalue weighted by atomic mass is 9.85. The van der Waals surface area contributed by atoms with Crippen molar-refractivity contribution in [1.29, 1.82) is 0 Å². The Kier molecular flexibility index (Phi) is 6.12. The molecule has 3 aromatic rings. The van der Waals surface area contributed by atoms with E-state index in [9.17, 15) is 36.2 Å². The van der Waals surface area contributed by atoms with Gasteiger partial charge in [-0.1, -0.05) is 48.0 Å². The highest BCUT2D eigenvalue weighted by molar-refractivity contribution is 6.00. The van der Waals surface area contributed by atoms with Crippen molar-refractivity contribution in [3.63, 3.8) is 0 Å². The first kappa shape index (κ1) is 24.4. The largest absolute Gasteiger partial charge is 0.510 e. The van der Waals surface area contributed by atoms with E-state index >= 15 is 0 Å². The van der Waals surface area contributed by atoms with Crippen LogP contribution in [0.1, 0.15) is 38.7 Å². The van der Waals surface area contributed by atoms with Crippen LogP contribution in [-0.4, -0.2) is 10.9 Å². The number of hydrogen-bond donors (Lipinski definition) is 1. The third kappa shape index (κ3) is 4.89. The number of rotatable bonds is 4. The van der Waals surface area contributed by atoms with Gasteiger partial charge in [-0.3, -0.25) is 4.79 Å². The van der Waals surface area contributed by atoms with Gasteiger partial charge in [0.2, 0.25) is 0 Å². The van der Waals surface area contributed by atoms with Crippen LogP contribution in [0.5, 0.6) is 0 Å². The summed E-state index contributed by atoms with van der Waals surface area (Å²) in [7, 11) is 0. The summed E-state index contributed by atoms with van der Waals surface area (Å²) in [6.45, 7) is 1.79. The highest BCUT2D eigenvalue weighted by Crippen LogP contribution is 2.46. The molecular weight excluding hydrogens is 472 g/mol. The van der Waals surface area contributed by atoms with E-state index in [2.05, 4.69) is 0 Å². The first-order valence-electron chi connectivity index (χ1n) is 10.5. The number of nitrogens with zero attached hydrogens (tertiary/aromatic N) is 1. The number of alkyl halides is 6. The van der Waals surface area contributed by atoms with Gasteiger partial charge in [-0.2, -0.15) is 26.3 Å². The van der Waals surface area contributed by atoms with Gasteiger partial charge >= 0.3 is 12.4 Å². The Bertz CT molecular complexity index is 1230. The Morgan fingerprint density at radius 1 is 0.829 bits per heavy atom. The van der Waals surface area contributed by atoms with E-state index in [1.165, 1.54) is 23.2 Å². The molecule has 9 heteroatoms. The molecule has 0 radical (unpaired) electrons. The fourth-order valence-corrected chi connectivity index (χ4v) is 4.14. The number of carbonyl (C=O) groups is 1. The second-order valence-electron chi connectivity index (χ2n) is 8.29. The minimum absolute atomic E-state index is 0.0371. The molecule has 0 bridgehead atoms. The van der Waals surface area contributed by atoms with Crippen LogP contribution in [0.2, 0.25) is 0 Å². The Hall–Kier alpha value is -3.75. The Morgan fingerprint density at radius 2 is 1.37 bits per heavy atom. The molecule has 1 N–H and O–H groups in total. The number of halogens is 6. The molecule has 0 fully saturated rings. The van der Waals surface area contributed by atoms with Gasteiger partial charge in [0.25, 0.3) is 0 Å². The van der Waals surface area contributed by atoms with Gasteiger partial charge in [-0.05, 0) is 42.8 Å². The quantitative estimate of drug-likeness (QED) is 0.304. The average Bonchev–Trinajstić information content (AvgIpc) is 3.15. The van der Waals surface area contributed by atoms with Crippen LogP contribution in [0.25, 0.3) is 0 Å². The first-order chi connectivity index (χ1) is 16.4. The molecule has 1 aliphatic rings. The minimum atomic E-state index is -5.06. The van der Waals surface area contributed by atoms with Crippen molar-refractivity contribution in [2.75, 3.05) is 4.90 Å². The van der Waals surface area contributed by atoms with Gasteiger partial charge in [-0.15, -0.1) is 0 Å². The average molecular weight is 491 g/mol. The predicted octanol–water partition coefficient (Wildman–Crippen LogP) is 7.49. The van der Waals surface area contributed by atoms with Gasteiger partial charge < -0.3 is 10.0 Å². The van der Waals surface area contributed by atoms with Gasteiger partial charge in [-0.25, -0.2) is 0 Å². The minimum Gasteiger partial charge on any atom is -0.510 e. The molecule has 3 nitrogen and oxygen atoms in total. The number of para-hydroxylation sites is 1. The molecule has 4 rings (SSSR count). The molecule has 35 heavy (non-hydrogen) atoms. The number of anilines is 1. The van der Waals surface area contributed by atoms with Crippen molar-refractivity contribution >= 4 is 11.5 Å². The Morgan fingerprint density at radius 3 is 1.89 bits per heavy atom. The Balaban J connectivity index is 1.92. The number of ketones is 1. The van der Waals surface area contributed by atoms with E-state index in [4.69, 9.17) is 0 Å². The molecule has 1 heterocycles. The Labute approximate surface area is 196 Å². The third-order valence-electron chi connectivity index (χ3n) is 5.83. The summed E-state index contributed by atoms with van der Waals surface area (Å²) in [6, 6.07) is 14.3. The summed E-state index contributed by atoms with van der Waals surface area (Å²) >= 11 is 0. The molecule has 1 aliphatic heterocycles. The first-order valence-corrected chi connectivity index (χ1v) is 10.5. The molecule has 0 saturated carbocycles. The van der Waals surface area contributed by atoms with Gasteiger partial charge in [0.15, 0.2) is 5.78 Å². The van der Waals surface area contributed by atoms with Crippen molar-refractivity contribution in [2.45, 2.75) is 25.3 Å². The normalized spacial score (nSPS) is 18.5. The number of carbonyl (C=O) groups excluding carboxylic acids is 1. The van der Waals surface area contributed by atoms with Crippen molar-refractivity contribution in [1.82, 2.24) is 0 Å². The summed E-state index contributed by atoms with van der Waals surface area (Å²) in [5.41, 5.74) is -1.99. The topological polar surface area (TPSA) is 40.5 Å². The zero-order valence-electron chi connectivity index (χ0n) is 18.2. The zero-order chi connectivity index (χ0) is 25.5. The van der Waals surface area contributed by atoms with Gasteiger partial charge in [0.1, 0.15) is 11.7 Å². The third-order valence-corrected chi connectivity index (χ3v) is 5.83. The van der Waals surface area contributed by atoms with Crippen LogP contribution in [0.15, 0.2) is 84.8 Å². The van der Waals surface area contributed by atoms with E-state index in [-0.39, 0.29) is 11.6 Å². The fourth-order valence-electron chi connectivity index (χ4n) is 4.14. The van der Waals surface area contributed by atoms with E-state index in [1.54, 1.807) is 49.4 Å². The summed E-state index contributed by atoms with van der Waals surface area (Å²) in [5.74, 6) is -2.52. The number of aliphatic hydroxyl groups is 1. The lowest BCUT2D eigenvalue weighted by Crippen LogP contribution is -2.30. The van der Waals surface area contributed by atoms with Gasteiger partial charge in [0.05, 0.1) is 17.2 Å². The molecule has 0 aromatic heterocycles. The van der Waals surface area contributed by atoms with Crippen LogP contribution in [0.3, 0.4) is 0 Å². The van der Waals surface area contributed by atoms with Crippen LogP contribution in [0, 0.1) is 12.8 Å². The van der Waals surface area contributed by atoms with Crippen molar-refractivity contribution in [3.05, 3.63) is 113 Å². The molecule has 0 spiro atoms. The smallest absolute Gasteiger partial charge is 0.416 e. The molecule has 2 atom stereocenters. The maximum absolute atomic E-state index is 13.6. The second kappa shape index (κ2) is 8.79. The highest BCUT2D eigenvalue weighted by atomic mass is 19.4. The van der Waals surface area contributed by atoms with Crippen molar-refractivity contribution in [2.24, 2.45) is 5.92 Å². The number of Topliss-reactive ketones (excluding diaryl/α,β-unsaturated/α-hetero) is 1. The van der Waals surface area contributed by atoms with E-state index in [0.29, 0.717) is 17.8 Å². The van der Waals surface area contributed by atoms with Crippen LogP contribution < -0.4 is 4.90 Å². The lowest BCUT2D eigenvalue weighted by molar-refractivity contribution is -0.143. The molecule has 0 aliphatic carbocycles. The monoisotopic (exact) mass is 491 g/mol. The van der Waals surface area contributed by atoms with Crippen molar-refractivity contribution in [3.8, 4) is 0 Å². The number of aliphatic hydroxyl groups excluding tert-OH is 1. The van der Waals surface area contributed by atoms with Crippen LogP contribution in [0.4, 0.5) is 32.0 Å². The van der Waals surface area contributed by atoms with Crippen LogP contribution >= 0.6 is 0 Å². The summed E-state index contributed by atoms with van der Waals surface area (Å²) in [4.78, 5) is 14.7. The van der Waals surface area contributed by atoms with E-state index in [1.807, 2.05) is 0 Å². The standard InChI is InChI=1S/C26H19F6NO2/c1-15-7-9-16(10-8-15)24(35)22-21(34)14-33(20-5-3-2-4-6-20)23(22)17-11-18(25(27,28)29)13-19(12-17)26(30,31)32/h2-14,22-23,34H,1H3. The zero-order valence-corrected chi connectivity index (χ0v) is 18.2. The molecule has 3 aromatic carbocycles. The maximum atomic E-state index is 13.6. The fraction of sp³-hybridized carbons (Fsp3) is 0.192. The van der Waals surface area contributed by atoms with E-state index < -0.39 is 52.5 Å². The van der Waals surface area contributed by atoms with Crippen molar-refractivity contribution < 1.29 is 36.2 Å². The lowest BCUT2D eigenvalue weighted by Gasteiger charge is -2.30.